The van der Waals surface area contributed by atoms with E-state index in [0.717, 1.165) is 32.9 Å². The predicted molar refractivity (Wildman–Crippen MR) is 90.2 cm³/mol. The zero-order valence-electron chi connectivity index (χ0n) is 12.5. The van der Waals surface area contributed by atoms with Crippen molar-refractivity contribution in [1.82, 2.24) is 15.2 Å². The molecule has 1 atom stereocenters. The standard InChI is InChI=1S/C15H20BrClN4/c1-4-12-15(17)14(21(3)20-12)8-13(19-18)10-7-9(2)5-6-11(10)16/h5-7,13,19H,4,8,18H2,1-3H3. The molecule has 0 saturated carbocycles. The van der Waals surface area contributed by atoms with Crippen LogP contribution in [0, 0.1) is 6.92 Å². The molecule has 6 heteroatoms. The van der Waals surface area contributed by atoms with Crippen molar-refractivity contribution in [3.05, 3.63) is 50.2 Å². The highest BCUT2D eigenvalue weighted by molar-refractivity contribution is 9.10. The molecule has 0 fully saturated rings. The molecule has 0 aliphatic heterocycles. The van der Waals surface area contributed by atoms with Gasteiger partial charge in [-0.2, -0.15) is 5.10 Å². The van der Waals surface area contributed by atoms with Crippen molar-refractivity contribution >= 4 is 27.5 Å². The molecular weight excluding hydrogens is 352 g/mol. The lowest BCUT2D eigenvalue weighted by molar-refractivity contribution is 0.528. The maximum absolute atomic E-state index is 6.43. The van der Waals surface area contributed by atoms with Crippen LogP contribution in [0.25, 0.3) is 0 Å². The maximum atomic E-state index is 6.43. The van der Waals surface area contributed by atoms with Gasteiger partial charge >= 0.3 is 0 Å². The lowest BCUT2D eigenvalue weighted by Gasteiger charge is -2.19. The Labute approximate surface area is 138 Å². The average Bonchev–Trinajstić information content (AvgIpc) is 2.74. The Balaban J connectivity index is 2.36. The molecule has 1 heterocycles. The summed E-state index contributed by atoms with van der Waals surface area (Å²) >= 11 is 10.0. The largest absolute Gasteiger partial charge is 0.271 e. The monoisotopic (exact) mass is 370 g/mol. The summed E-state index contributed by atoms with van der Waals surface area (Å²) in [6.07, 6.45) is 1.50. The van der Waals surface area contributed by atoms with Crippen LogP contribution in [0.2, 0.25) is 5.02 Å². The van der Waals surface area contributed by atoms with Crippen LogP contribution in [0.3, 0.4) is 0 Å². The summed E-state index contributed by atoms with van der Waals surface area (Å²) in [7, 11) is 1.92. The molecule has 1 unspecified atom stereocenters. The van der Waals surface area contributed by atoms with Gasteiger partial charge in [0.15, 0.2) is 0 Å². The zero-order valence-corrected chi connectivity index (χ0v) is 14.8. The molecule has 0 spiro atoms. The van der Waals surface area contributed by atoms with Crippen LogP contribution < -0.4 is 11.3 Å². The van der Waals surface area contributed by atoms with E-state index in [1.165, 1.54) is 5.56 Å². The van der Waals surface area contributed by atoms with Crippen molar-refractivity contribution in [2.75, 3.05) is 0 Å². The second-order valence-electron chi connectivity index (χ2n) is 5.13. The van der Waals surface area contributed by atoms with Crippen LogP contribution >= 0.6 is 27.5 Å². The van der Waals surface area contributed by atoms with Gasteiger partial charge in [-0.05, 0) is 25.0 Å². The number of nitrogens with two attached hydrogens (primary N) is 1. The van der Waals surface area contributed by atoms with Crippen molar-refractivity contribution in [2.24, 2.45) is 12.9 Å². The van der Waals surface area contributed by atoms with E-state index in [1.54, 1.807) is 0 Å². The van der Waals surface area contributed by atoms with Crippen molar-refractivity contribution in [2.45, 2.75) is 32.7 Å². The smallest absolute Gasteiger partial charge is 0.0850 e. The highest BCUT2D eigenvalue weighted by Crippen LogP contribution is 2.30. The number of hydrogen-bond donors (Lipinski definition) is 2. The lowest BCUT2D eigenvalue weighted by atomic mass is 10.0. The minimum absolute atomic E-state index is 0.0307. The summed E-state index contributed by atoms with van der Waals surface area (Å²) in [6, 6.07) is 6.20. The second kappa shape index (κ2) is 6.92. The molecule has 0 aliphatic rings. The van der Waals surface area contributed by atoms with E-state index < -0.39 is 0 Å². The Morgan fingerprint density at radius 3 is 2.76 bits per heavy atom. The van der Waals surface area contributed by atoms with Gasteiger partial charge in [0.25, 0.3) is 0 Å². The topological polar surface area (TPSA) is 55.9 Å². The highest BCUT2D eigenvalue weighted by Gasteiger charge is 2.20. The van der Waals surface area contributed by atoms with Gasteiger partial charge in [-0.3, -0.25) is 16.0 Å². The number of nitrogens with zero attached hydrogens (tertiary/aromatic N) is 2. The van der Waals surface area contributed by atoms with E-state index in [4.69, 9.17) is 17.4 Å². The summed E-state index contributed by atoms with van der Waals surface area (Å²) in [5.74, 6) is 5.77. The predicted octanol–water partition coefficient (Wildman–Crippen LogP) is 3.45. The molecule has 1 aromatic carbocycles. The normalized spacial score (nSPS) is 12.7. The van der Waals surface area contributed by atoms with Crippen LogP contribution in [0.1, 0.15) is 35.5 Å². The van der Waals surface area contributed by atoms with Gasteiger partial charge in [0.2, 0.25) is 0 Å². The fraction of sp³-hybridized carbons (Fsp3) is 0.400. The highest BCUT2D eigenvalue weighted by atomic mass is 79.9. The van der Waals surface area contributed by atoms with Gasteiger partial charge in [-0.25, -0.2) is 0 Å². The molecule has 21 heavy (non-hydrogen) atoms. The maximum Gasteiger partial charge on any atom is 0.0850 e. The second-order valence-corrected chi connectivity index (χ2v) is 6.37. The number of halogens is 2. The third-order valence-electron chi connectivity index (χ3n) is 3.63. The van der Waals surface area contributed by atoms with E-state index in [0.29, 0.717) is 6.42 Å². The van der Waals surface area contributed by atoms with Gasteiger partial charge in [0.05, 0.1) is 22.5 Å². The molecule has 1 aromatic heterocycles. The molecule has 0 amide bonds. The third-order valence-corrected chi connectivity index (χ3v) is 4.79. The fourth-order valence-corrected chi connectivity index (χ4v) is 3.32. The van der Waals surface area contributed by atoms with Gasteiger partial charge in [0.1, 0.15) is 0 Å². The number of nitrogens with one attached hydrogen (secondary N) is 1. The Bertz CT molecular complexity index is 639. The van der Waals surface area contributed by atoms with Crippen LogP contribution in [-0.4, -0.2) is 9.78 Å². The number of hydrogen-bond acceptors (Lipinski definition) is 3. The first kappa shape index (κ1) is 16.5. The Morgan fingerprint density at radius 2 is 2.19 bits per heavy atom. The van der Waals surface area contributed by atoms with E-state index in [1.807, 2.05) is 24.7 Å². The molecule has 0 saturated heterocycles. The van der Waals surface area contributed by atoms with Crippen molar-refractivity contribution in [3.63, 3.8) is 0 Å². The fourth-order valence-electron chi connectivity index (χ4n) is 2.42. The molecule has 3 N–H and O–H groups in total. The molecule has 114 valence electrons. The number of aromatic nitrogens is 2. The minimum Gasteiger partial charge on any atom is -0.271 e. The first-order valence-electron chi connectivity index (χ1n) is 6.90. The number of aryl methyl sites for hydroxylation is 3. The van der Waals surface area contributed by atoms with Crippen molar-refractivity contribution in [3.8, 4) is 0 Å². The zero-order chi connectivity index (χ0) is 15.6. The summed E-state index contributed by atoms with van der Waals surface area (Å²) in [5, 5.41) is 5.19. The van der Waals surface area contributed by atoms with Gasteiger partial charge < -0.3 is 0 Å². The quantitative estimate of drug-likeness (QED) is 0.625. The molecular formula is C15H20BrClN4. The summed E-state index contributed by atoms with van der Waals surface area (Å²) in [6.45, 7) is 4.11. The van der Waals surface area contributed by atoms with Crippen LogP contribution in [0.5, 0.6) is 0 Å². The van der Waals surface area contributed by atoms with Gasteiger partial charge in [-0.1, -0.05) is 52.2 Å². The molecule has 0 bridgehead atoms. The average molecular weight is 372 g/mol. The van der Waals surface area contributed by atoms with Crippen LogP contribution in [-0.2, 0) is 19.9 Å². The Hall–Kier alpha value is -0.880. The van der Waals surface area contributed by atoms with Crippen LogP contribution in [0.4, 0.5) is 0 Å². The first-order valence-corrected chi connectivity index (χ1v) is 8.07. The molecule has 4 nitrogen and oxygen atoms in total. The minimum atomic E-state index is -0.0307. The molecule has 0 radical (unpaired) electrons. The van der Waals surface area contributed by atoms with Gasteiger partial charge in [-0.15, -0.1) is 0 Å². The van der Waals surface area contributed by atoms with E-state index in [-0.39, 0.29) is 6.04 Å². The Kier molecular flexibility index (Phi) is 5.43. The molecule has 2 aromatic rings. The molecule has 0 aliphatic carbocycles. The van der Waals surface area contributed by atoms with Crippen molar-refractivity contribution in [1.29, 1.82) is 0 Å². The van der Waals surface area contributed by atoms with Gasteiger partial charge in [0, 0.05) is 17.9 Å². The molecule has 2 rings (SSSR count). The number of benzene rings is 1. The summed E-state index contributed by atoms with van der Waals surface area (Å²) < 4.78 is 2.87. The van der Waals surface area contributed by atoms with Crippen molar-refractivity contribution < 1.29 is 0 Å². The van der Waals surface area contributed by atoms with E-state index in [9.17, 15) is 0 Å². The number of hydrazine groups is 1. The third kappa shape index (κ3) is 3.48. The van der Waals surface area contributed by atoms with E-state index >= 15 is 0 Å². The SMILES string of the molecule is CCc1nn(C)c(CC(NN)c2cc(C)ccc2Br)c1Cl. The number of rotatable bonds is 5. The summed E-state index contributed by atoms with van der Waals surface area (Å²) in [4.78, 5) is 0. The van der Waals surface area contributed by atoms with Crippen LogP contribution in [0.15, 0.2) is 22.7 Å². The summed E-state index contributed by atoms with van der Waals surface area (Å²) in [5.41, 5.74) is 7.11. The lowest BCUT2D eigenvalue weighted by Crippen LogP contribution is -2.30. The van der Waals surface area contributed by atoms with E-state index in [2.05, 4.69) is 45.5 Å². The first-order chi connectivity index (χ1) is 9.97. The Morgan fingerprint density at radius 1 is 1.48 bits per heavy atom.